The summed E-state index contributed by atoms with van der Waals surface area (Å²) in [6.07, 6.45) is 7.46. The van der Waals surface area contributed by atoms with Gasteiger partial charge in [-0.05, 0) is 30.5 Å². The normalized spacial score (nSPS) is 22.6. The van der Waals surface area contributed by atoms with Gasteiger partial charge in [-0.1, -0.05) is 30.0 Å². The van der Waals surface area contributed by atoms with E-state index in [1.54, 1.807) is 17.3 Å². The van der Waals surface area contributed by atoms with Crippen LogP contribution >= 0.6 is 24.0 Å². The van der Waals surface area contributed by atoms with Gasteiger partial charge in [0.25, 0.3) is 5.91 Å². The number of pyridine rings is 1. The van der Waals surface area contributed by atoms with Gasteiger partial charge in [0.2, 0.25) is 0 Å². The zero-order valence-corrected chi connectivity index (χ0v) is 10.6. The molecule has 0 aromatic carbocycles. The second-order valence-corrected chi connectivity index (χ2v) is 5.75. The number of amides is 1. The van der Waals surface area contributed by atoms with Gasteiger partial charge in [-0.3, -0.25) is 14.7 Å². The van der Waals surface area contributed by atoms with Crippen LogP contribution in [0.1, 0.15) is 18.4 Å². The smallest absolute Gasteiger partial charge is 0.266 e. The Labute approximate surface area is 109 Å². The van der Waals surface area contributed by atoms with E-state index in [1.165, 1.54) is 11.8 Å². The number of rotatable bonds is 2. The van der Waals surface area contributed by atoms with Gasteiger partial charge in [-0.15, -0.1) is 0 Å². The Morgan fingerprint density at radius 3 is 3.00 bits per heavy atom. The molecule has 0 radical (unpaired) electrons. The van der Waals surface area contributed by atoms with Crippen LogP contribution in [0.3, 0.4) is 0 Å². The van der Waals surface area contributed by atoms with Crippen molar-refractivity contribution in [3.63, 3.8) is 0 Å². The summed E-state index contributed by atoms with van der Waals surface area (Å²) in [4.78, 5) is 18.6. The van der Waals surface area contributed by atoms with Crippen molar-refractivity contribution in [2.45, 2.75) is 18.9 Å². The first-order valence-corrected chi connectivity index (χ1v) is 6.65. The van der Waals surface area contributed by atoms with Crippen molar-refractivity contribution in [2.75, 3.05) is 0 Å². The third-order valence-corrected chi connectivity index (χ3v) is 4.05. The quantitative estimate of drug-likeness (QED) is 0.605. The van der Waals surface area contributed by atoms with Crippen LogP contribution in [-0.2, 0) is 4.79 Å². The molecular formula is C12H10N2OS2. The molecule has 0 atom stereocenters. The maximum Gasteiger partial charge on any atom is 0.266 e. The van der Waals surface area contributed by atoms with Crippen molar-refractivity contribution in [3.8, 4) is 0 Å². The van der Waals surface area contributed by atoms with Crippen LogP contribution in [-0.4, -0.2) is 26.2 Å². The molecule has 86 valence electrons. The number of hydrogen-bond donors (Lipinski definition) is 0. The molecule has 1 aliphatic heterocycles. The van der Waals surface area contributed by atoms with Crippen molar-refractivity contribution in [1.29, 1.82) is 0 Å². The highest BCUT2D eigenvalue weighted by Gasteiger charge is 2.41. The van der Waals surface area contributed by atoms with Crippen molar-refractivity contribution >= 4 is 40.3 Å². The van der Waals surface area contributed by atoms with Crippen LogP contribution in [0.15, 0.2) is 29.4 Å². The topological polar surface area (TPSA) is 33.2 Å². The summed E-state index contributed by atoms with van der Waals surface area (Å²) in [5.74, 6) is 0.0475. The first-order chi connectivity index (χ1) is 8.25. The molecule has 1 aliphatic carbocycles. The number of thiocarbonyl (C=S) groups is 1. The summed E-state index contributed by atoms with van der Waals surface area (Å²) in [5, 5.41) is 0. The Balaban J connectivity index is 1.88. The Bertz CT molecular complexity index is 508. The molecule has 3 nitrogen and oxygen atoms in total. The minimum absolute atomic E-state index is 0.0475. The molecular weight excluding hydrogens is 252 g/mol. The summed E-state index contributed by atoms with van der Waals surface area (Å²) >= 11 is 6.62. The molecule has 5 heteroatoms. The maximum absolute atomic E-state index is 12.1. The minimum atomic E-state index is 0.0475. The van der Waals surface area contributed by atoms with Gasteiger partial charge in [0.1, 0.15) is 4.32 Å². The molecule has 0 spiro atoms. The lowest BCUT2D eigenvalue weighted by atomic mass is 10.2. The molecule has 1 aromatic heterocycles. The van der Waals surface area contributed by atoms with Crippen molar-refractivity contribution in [2.24, 2.45) is 0 Å². The number of carbonyl (C=O) groups is 1. The number of hydrogen-bond acceptors (Lipinski definition) is 4. The van der Waals surface area contributed by atoms with E-state index in [4.69, 9.17) is 12.2 Å². The van der Waals surface area contributed by atoms with Crippen LogP contribution < -0.4 is 0 Å². The molecule has 2 aliphatic rings. The van der Waals surface area contributed by atoms with Crippen molar-refractivity contribution < 1.29 is 4.79 Å². The fraction of sp³-hybridized carbons (Fsp3) is 0.250. The largest absolute Gasteiger partial charge is 0.290 e. The number of thioether (sulfide) groups is 1. The SMILES string of the molecule is O=C1/C(=C\c2cccnc2)SC(=S)N1C1CC1. The van der Waals surface area contributed by atoms with Crippen molar-refractivity contribution in [1.82, 2.24) is 9.88 Å². The first-order valence-electron chi connectivity index (χ1n) is 5.43. The third kappa shape index (κ3) is 2.12. The molecule has 1 saturated heterocycles. The molecule has 1 aromatic rings. The van der Waals surface area contributed by atoms with E-state index in [0.717, 1.165) is 18.4 Å². The van der Waals surface area contributed by atoms with Gasteiger partial charge in [-0.25, -0.2) is 0 Å². The number of aromatic nitrogens is 1. The molecule has 2 fully saturated rings. The molecule has 0 N–H and O–H groups in total. The molecule has 0 bridgehead atoms. The Morgan fingerprint density at radius 2 is 2.35 bits per heavy atom. The van der Waals surface area contributed by atoms with Gasteiger partial charge in [-0.2, -0.15) is 0 Å². The van der Waals surface area contributed by atoms with Gasteiger partial charge < -0.3 is 0 Å². The predicted molar refractivity (Wildman–Crippen MR) is 72.3 cm³/mol. The average molecular weight is 262 g/mol. The summed E-state index contributed by atoms with van der Waals surface area (Å²) in [5.41, 5.74) is 0.934. The van der Waals surface area contributed by atoms with Crippen LogP contribution in [0.25, 0.3) is 6.08 Å². The molecule has 1 amide bonds. The highest BCUT2D eigenvalue weighted by atomic mass is 32.2. The van der Waals surface area contributed by atoms with Crippen LogP contribution in [0.5, 0.6) is 0 Å². The van der Waals surface area contributed by atoms with E-state index in [1.807, 2.05) is 18.2 Å². The van der Waals surface area contributed by atoms with E-state index in [0.29, 0.717) is 15.3 Å². The summed E-state index contributed by atoms with van der Waals surface area (Å²) in [6.45, 7) is 0. The monoisotopic (exact) mass is 262 g/mol. The van der Waals surface area contributed by atoms with E-state index in [-0.39, 0.29) is 5.91 Å². The average Bonchev–Trinajstić information content (AvgIpc) is 3.10. The van der Waals surface area contributed by atoms with Gasteiger partial charge in [0.05, 0.1) is 4.91 Å². The fourth-order valence-corrected chi connectivity index (χ4v) is 3.14. The number of nitrogens with zero attached hydrogens (tertiary/aromatic N) is 2. The third-order valence-electron chi connectivity index (χ3n) is 2.72. The minimum Gasteiger partial charge on any atom is -0.290 e. The van der Waals surface area contributed by atoms with Gasteiger partial charge >= 0.3 is 0 Å². The van der Waals surface area contributed by atoms with E-state index < -0.39 is 0 Å². The molecule has 2 heterocycles. The lowest BCUT2D eigenvalue weighted by molar-refractivity contribution is -0.122. The van der Waals surface area contributed by atoms with Gasteiger partial charge in [0.15, 0.2) is 0 Å². The van der Waals surface area contributed by atoms with Crippen LogP contribution in [0.4, 0.5) is 0 Å². The standard InChI is InChI=1S/C12H10N2OS2/c15-11-10(6-8-2-1-5-13-7-8)17-12(16)14(11)9-3-4-9/h1-2,5-7,9H,3-4H2/b10-6+. The highest BCUT2D eigenvalue weighted by molar-refractivity contribution is 8.26. The summed E-state index contributed by atoms with van der Waals surface area (Å²) < 4.78 is 0.688. The van der Waals surface area contributed by atoms with Crippen molar-refractivity contribution in [3.05, 3.63) is 35.0 Å². The summed E-state index contributed by atoms with van der Waals surface area (Å²) in [7, 11) is 0. The highest BCUT2D eigenvalue weighted by Crippen LogP contribution is 2.39. The Hall–Kier alpha value is -1.20. The first kappa shape index (κ1) is 10.9. The van der Waals surface area contributed by atoms with E-state index >= 15 is 0 Å². The second-order valence-electron chi connectivity index (χ2n) is 4.07. The Morgan fingerprint density at radius 1 is 1.53 bits per heavy atom. The van der Waals surface area contributed by atoms with Crippen LogP contribution in [0.2, 0.25) is 0 Å². The molecule has 17 heavy (non-hydrogen) atoms. The maximum atomic E-state index is 12.1. The lowest BCUT2D eigenvalue weighted by Gasteiger charge is -2.11. The zero-order chi connectivity index (χ0) is 11.8. The fourth-order valence-electron chi connectivity index (χ4n) is 1.74. The van der Waals surface area contributed by atoms with Gasteiger partial charge in [0, 0.05) is 18.4 Å². The summed E-state index contributed by atoms with van der Waals surface area (Å²) in [6, 6.07) is 4.13. The molecule has 1 saturated carbocycles. The second kappa shape index (κ2) is 4.23. The Kier molecular flexibility index (Phi) is 2.72. The molecule has 3 rings (SSSR count). The zero-order valence-electron chi connectivity index (χ0n) is 9.00. The molecule has 0 unspecified atom stereocenters. The van der Waals surface area contributed by atoms with E-state index in [2.05, 4.69) is 4.98 Å². The van der Waals surface area contributed by atoms with Crippen LogP contribution in [0, 0.1) is 0 Å². The lowest BCUT2D eigenvalue weighted by Crippen LogP contribution is -2.30. The predicted octanol–water partition coefficient (Wildman–Crippen LogP) is 2.45. The number of carbonyl (C=O) groups excluding carboxylic acids is 1. The van der Waals surface area contributed by atoms with E-state index in [9.17, 15) is 4.79 Å².